The van der Waals surface area contributed by atoms with Crippen molar-refractivity contribution in [1.29, 1.82) is 0 Å². The molecule has 3 nitrogen and oxygen atoms in total. The highest BCUT2D eigenvalue weighted by molar-refractivity contribution is 5.92. The maximum Gasteiger partial charge on any atom is 0.319 e. The average molecular weight is 429 g/mol. The van der Waals surface area contributed by atoms with Gasteiger partial charge in [-0.2, -0.15) is 0 Å². The van der Waals surface area contributed by atoms with E-state index in [1.807, 2.05) is 0 Å². The van der Waals surface area contributed by atoms with Crippen LogP contribution < -0.4 is 10.6 Å². The van der Waals surface area contributed by atoms with Gasteiger partial charge in [0.1, 0.15) is 0 Å². The summed E-state index contributed by atoms with van der Waals surface area (Å²) in [7, 11) is 0. The first-order valence-electron chi connectivity index (χ1n) is 12.1. The number of nitrogens with one attached hydrogen (secondary N) is 2. The number of hydrogen-bond donors (Lipinski definition) is 2. The van der Waals surface area contributed by atoms with Gasteiger partial charge in [0.15, 0.2) is 0 Å². The molecule has 1 saturated carbocycles. The van der Waals surface area contributed by atoms with Gasteiger partial charge < -0.3 is 10.6 Å². The van der Waals surface area contributed by atoms with E-state index in [-0.39, 0.29) is 11.4 Å². The monoisotopic (exact) mass is 428 g/mol. The molecule has 0 bridgehead atoms. The summed E-state index contributed by atoms with van der Waals surface area (Å²) in [6.45, 7) is 9.37. The Morgan fingerprint density at radius 1 is 0.844 bits per heavy atom. The van der Waals surface area contributed by atoms with Gasteiger partial charge in [0.05, 0.1) is 0 Å². The lowest BCUT2D eigenvalue weighted by atomic mass is 9.76. The molecule has 0 heterocycles. The standard InChI is InChI=1S/C29H36N2O/c1-20(2)23-14-10-15-24(21(3)4)27(23)31-28(32)30-19-29(17-7-8-18-29)26-16-9-12-22-11-5-6-13-25(22)26/h5-6,9-16,20-21H,7-8,17-19H2,1-4H3,(H2,30,31,32). The van der Waals surface area contributed by atoms with Crippen LogP contribution in [0, 0.1) is 0 Å². The van der Waals surface area contributed by atoms with Gasteiger partial charge in [-0.3, -0.25) is 0 Å². The molecule has 3 heteroatoms. The second-order valence-electron chi connectivity index (χ2n) is 9.94. The molecule has 3 aromatic rings. The number of benzene rings is 3. The zero-order valence-corrected chi connectivity index (χ0v) is 19.9. The molecule has 1 fully saturated rings. The first-order valence-corrected chi connectivity index (χ1v) is 12.1. The van der Waals surface area contributed by atoms with Crippen molar-refractivity contribution in [3.63, 3.8) is 0 Å². The van der Waals surface area contributed by atoms with E-state index in [1.54, 1.807) is 0 Å². The number of para-hydroxylation sites is 1. The molecule has 4 rings (SSSR count). The average Bonchev–Trinajstić information content (AvgIpc) is 3.27. The van der Waals surface area contributed by atoms with Crippen LogP contribution in [0.15, 0.2) is 60.7 Å². The van der Waals surface area contributed by atoms with Crippen molar-refractivity contribution in [3.05, 3.63) is 77.4 Å². The van der Waals surface area contributed by atoms with Crippen molar-refractivity contribution in [1.82, 2.24) is 5.32 Å². The van der Waals surface area contributed by atoms with Crippen LogP contribution >= 0.6 is 0 Å². The van der Waals surface area contributed by atoms with Gasteiger partial charge in [-0.05, 0) is 52.1 Å². The molecule has 1 aliphatic carbocycles. The van der Waals surface area contributed by atoms with Crippen molar-refractivity contribution in [2.24, 2.45) is 0 Å². The lowest BCUT2D eigenvalue weighted by Crippen LogP contribution is -2.41. The highest BCUT2D eigenvalue weighted by atomic mass is 16.2. The summed E-state index contributed by atoms with van der Waals surface area (Å²) in [6, 6.07) is 21.5. The number of fused-ring (bicyclic) bond motifs is 1. The zero-order chi connectivity index (χ0) is 22.7. The molecule has 0 saturated heterocycles. The van der Waals surface area contributed by atoms with Crippen LogP contribution in [0.4, 0.5) is 10.5 Å². The number of carbonyl (C=O) groups is 1. The van der Waals surface area contributed by atoms with E-state index in [0.717, 1.165) is 18.5 Å². The van der Waals surface area contributed by atoms with Gasteiger partial charge >= 0.3 is 6.03 Å². The molecular weight excluding hydrogens is 392 g/mol. The van der Waals surface area contributed by atoms with Crippen LogP contribution in [0.1, 0.15) is 81.9 Å². The molecular formula is C29H36N2O. The Labute approximate surface area is 192 Å². The highest BCUT2D eigenvalue weighted by Gasteiger charge is 2.37. The first kappa shape index (κ1) is 22.4. The Hall–Kier alpha value is -2.81. The molecule has 1 aliphatic rings. The summed E-state index contributed by atoms with van der Waals surface area (Å²) >= 11 is 0. The lowest BCUT2D eigenvalue weighted by molar-refractivity contribution is 0.248. The van der Waals surface area contributed by atoms with Crippen LogP contribution in [0.5, 0.6) is 0 Å². The fraction of sp³-hybridized carbons (Fsp3) is 0.414. The van der Waals surface area contributed by atoms with E-state index in [4.69, 9.17) is 0 Å². The smallest absolute Gasteiger partial charge is 0.319 e. The third-order valence-electron chi connectivity index (χ3n) is 7.12. The summed E-state index contributed by atoms with van der Waals surface area (Å²) in [6.07, 6.45) is 4.64. The highest BCUT2D eigenvalue weighted by Crippen LogP contribution is 2.43. The summed E-state index contributed by atoms with van der Waals surface area (Å²) in [5.74, 6) is 0.696. The van der Waals surface area contributed by atoms with Gasteiger partial charge in [0.2, 0.25) is 0 Å². The van der Waals surface area contributed by atoms with Crippen molar-refractivity contribution >= 4 is 22.5 Å². The molecule has 2 N–H and O–H groups in total. The predicted octanol–water partition coefficient (Wildman–Crippen LogP) is 7.72. The van der Waals surface area contributed by atoms with Gasteiger partial charge in [-0.1, -0.05) is 101 Å². The summed E-state index contributed by atoms with van der Waals surface area (Å²) in [5, 5.41) is 9.06. The maximum absolute atomic E-state index is 13.1. The van der Waals surface area contributed by atoms with E-state index >= 15 is 0 Å². The predicted molar refractivity (Wildman–Crippen MR) is 136 cm³/mol. The molecule has 0 atom stereocenters. The van der Waals surface area contributed by atoms with Crippen LogP contribution in [0.2, 0.25) is 0 Å². The molecule has 32 heavy (non-hydrogen) atoms. The normalized spacial score (nSPS) is 15.4. The molecule has 0 radical (unpaired) electrons. The minimum absolute atomic E-state index is 0.00333. The minimum atomic E-state index is -0.105. The largest absolute Gasteiger partial charge is 0.337 e. The van der Waals surface area contributed by atoms with E-state index in [2.05, 4.69) is 99.0 Å². The third-order valence-corrected chi connectivity index (χ3v) is 7.12. The van der Waals surface area contributed by atoms with Gasteiger partial charge in [-0.25, -0.2) is 4.79 Å². The van der Waals surface area contributed by atoms with Gasteiger partial charge in [0, 0.05) is 17.6 Å². The molecule has 0 aliphatic heterocycles. The summed E-state index contributed by atoms with van der Waals surface area (Å²) in [5.41, 5.74) is 4.72. The van der Waals surface area contributed by atoms with E-state index < -0.39 is 0 Å². The van der Waals surface area contributed by atoms with Crippen molar-refractivity contribution in [2.75, 3.05) is 11.9 Å². The second-order valence-corrected chi connectivity index (χ2v) is 9.94. The minimum Gasteiger partial charge on any atom is -0.337 e. The molecule has 3 aromatic carbocycles. The lowest BCUT2D eigenvalue weighted by Gasteiger charge is -2.31. The van der Waals surface area contributed by atoms with Crippen molar-refractivity contribution < 1.29 is 4.79 Å². The fourth-order valence-electron chi connectivity index (χ4n) is 5.38. The Morgan fingerprint density at radius 2 is 1.44 bits per heavy atom. The number of anilines is 1. The summed E-state index contributed by atoms with van der Waals surface area (Å²) in [4.78, 5) is 13.1. The van der Waals surface area contributed by atoms with Crippen LogP contribution in [0.25, 0.3) is 10.8 Å². The number of rotatable bonds is 6. The van der Waals surface area contributed by atoms with Gasteiger partial charge in [0.25, 0.3) is 0 Å². The zero-order valence-electron chi connectivity index (χ0n) is 19.9. The molecule has 0 spiro atoms. The van der Waals surface area contributed by atoms with Crippen molar-refractivity contribution in [2.45, 2.75) is 70.6 Å². The SMILES string of the molecule is CC(C)c1cccc(C(C)C)c1NC(=O)NCC1(c2cccc3ccccc23)CCCC1. The second kappa shape index (κ2) is 9.36. The summed E-state index contributed by atoms with van der Waals surface area (Å²) < 4.78 is 0. The molecule has 0 aromatic heterocycles. The van der Waals surface area contributed by atoms with E-state index in [1.165, 1.54) is 40.3 Å². The van der Waals surface area contributed by atoms with Crippen molar-refractivity contribution in [3.8, 4) is 0 Å². The Morgan fingerprint density at radius 3 is 2.09 bits per heavy atom. The van der Waals surface area contributed by atoms with Crippen LogP contribution in [0.3, 0.4) is 0 Å². The maximum atomic E-state index is 13.1. The Kier molecular flexibility index (Phi) is 6.55. The number of carbonyl (C=O) groups excluding carboxylic acids is 1. The Balaban J connectivity index is 1.58. The molecule has 2 amide bonds. The number of hydrogen-bond acceptors (Lipinski definition) is 1. The van der Waals surface area contributed by atoms with Crippen LogP contribution in [-0.4, -0.2) is 12.6 Å². The van der Waals surface area contributed by atoms with Crippen LogP contribution in [-0.2, 0) is 5.41 Å². The number of amides is 2. The van der Waals surface area contributed by atoms with E-state index in [0.29, 0.717) is 18.4 Å². The van der Waals surface area contributed by atoms with E-state index in [9.17, 15) is 4.79 Å². The van der Waals surface area contributed by atoms with Gasteiger partial charge in [-0.15, -0.1) is 0 Å². The first-order chi connectivity index (χ1) is 15.4. The fourth-order valence-corrected chi connectivity index (χ4v) is 5.38. The topological polar surface area (TPSA) is 41.1 Å². The molecule has 0 unspecified atom stereocenters. The Bertz CT molecular complexity index is 1060. The number of urea groups is 1. The third kappa shape index (κ3) is 4.39. The molecule has 168 valence electrons. The quantitative estimate of drug-likeness (QED) is 0.414.